The molecule has 0 spiro atoms. The maximum atomic E-state index is 12.2. The molecule has 0 aliphatic carbocycles. The number of pyridine rings is 1. The summed E-state index contributed by atoms with van der Waals surface area (Å²) in [5.74, 6) is 0.322. The van der Waals surface area contributed by atoms with Gasteiger partial charge in [0.2, 0.25) is 0 Å². The molecule has 3 N–H and O–H groups in total. The highest BCUT2D eigenvalue weighted by molar-refractivity contribution is 5.94. The van der Waals surface area contributed by atoms with Gasteiger partial charge in [0.15, 0.2) is 0 Å². The summed E-state index contributed by atoms with van der Waals surface area (Å²) >= 11 is 0. The van der Waals surface area contributed by atoms with Gasteiger partial charge in [0.25, 0.3) is 5.91 Å². The van der Waals surface area contributed by atoms with Crippen molar-refractivity contribution in [2.45, 2.75) is 26.7 Å². The number of aryl methyl sites for hydroxylation is 1. The maximum Gasteiger partial charge on any atom is 0.251 e. The third kappa shape index (κ3) is 3.70. The van der Waals surface area contributed by atoms with E-state index < -0.39 is 0 Å². The average Bonchev–Trinajstić information content (AvgIpc) is 2.39. The van der Waals surface area contributed by atoms with Crippen molar-refractivity contribution >= 4 is 11.7 Å². The molecule has 1 amide bonds. The van der Waals surface area contributed by atoms with Crippen molar-refractivity contribution in [1.82, 2.24) is 15.2 Å². The molecule has 0 atom stereocenters. The number of rotatable bonds is 3. The van der Waals surface area contributed by atoms with Crippen LogP contribution in [0.15, 0.2) is 12.1 Å². The monoisotopic (exact) mass is 276 g/mol. The second-order valence-electron chi connectivity index (χ2n) is 6.22. The Kier molecular flexibility index (Phi) is 4.28. The van der Waals surface area contributed by atoms with Crippen molar-refractivity contribution in [2.24, 2.45) is 5.41 Å². The van der Waals surface area contributed by atoms with E-state index >= 15 is 0 Å². The summed E-state index contributed by atoms with van der Waals surface area (Å²) in [5.41, 5.74) is 7.22. The van der Waals surface area contributed by atoms with Crippen LogP contribution in [0.1, 0.15) is 35.8 Å². The minimum absolute atomic E-state index is 0.0673. The van der Waals surface area contributed by atoms with E-state index in [2.05, 4.69) is 29.2 Å². The Balaban J connectivity index is 1.95. The van der Waals surface area contributed by atoms with E-state index in [1.165, 1.54) is 0 Å². The number of hydrogen-bond donors (Lipinski definition) is 2. The lowest BCUT2D eigenvalue weighted by atomic mass is 9.80. The van der Waals surface area contributed by atoms with E-state index in [9.17, 15) is 4.79 Å². The van der Waals surface area contributed by atoms with Gasteiger partial charge in [0.05, 0.1) is 0 Å². The number of piperidine rings is 1. The van der Waals surface area contributed by atoms with Gasteiger partial charge in [0.1, 0.15) is 5.82 Å². The van der Waals surface area contributed by atoms with E-state index in [1.54, 1.807) is 12.1 Å². The number of anilines is 1. The molecule has 1 aromatic heterocycles. The van der Waals surface area contributed by atoms with Crippen molar-refractivity contribution < 1.29 is 4.79 Å². The Hall–Kier alpha value is -1.62. The quantitative estimate of drug-likeness (QED) is 0.876. The smallest absolute Gasteiger partial charge is 0.251 e. The van der Waals surface area contributed by atoms with E-state index in [1.807, 2.05) is 6.92 Å². The van der Waals surface area contributed by atoms with E-state index in [-0.39, 0.29) is 11.3 Å². The molecule has 1 aliphatic heterocycles. The van der Waals surface area contributed by atoms with Crippen molar-refractivity contribution in [2.75, 3.05) is 32.4 Å². The van der Waals surface area contributed by atoms with Gasteiger partial charge in [-0.2, -0.15) is 0 Å². The molecule has 1 fully saturated rings. The summed E-state index contributed by atoms with van der Waals surface area (Å²) in [4.78, 5) is 18.6. The van der Waals surface area contributed by atoms with Gasteiger partial charge in [-0.05, 0) is 57.5 Å². The van der Waals surface area contributed by atoms with Crippen molar-refractivity contribution in [3.05, 3.63) is 23.4 Å². The zero-order valence-electron chi connectivity index (χ0n) is 12.6. The number of nitrogen functional groups attached to an aromatic ring is 1. The first-order chi connectivity index (χ1) is 9.38. The Labute approximate surface area is 120 Å². The Bertz CT molecular complexity index is 472. The van der Waals surface area contributed by atoms with E-state index in [0.717, 1.165) is 31.6 Å². The predicted octanol–water partition coefficient (Wildman–Crippen LogP) is 1.43. The Morgan fingerprint density at radius 1 is 1.45 bits per heavy atom. The zero-order valence-corrected chi connectivity index (χ0v) is 12.6. The lowest BCUT2D eigenvalue weighted by Crippen LogP contribution is -2.43. The summed E-state index contributed by atoms with van der Waals surface area (Å²) in [5, 5.41) is 3.04. The van der Waals surface area contributed by atoms with Crippen LogP contribution in [0.2, 0.25) is 0 Å². The van der Waals surface area contributed by atoms with Gasteiger partial charge in [-0.15, -0.1) is 0 Å². The van der Waals surface area contributed by atoms with Gasteiger partial charge in [-0.3, -0.25) is 4.79 Å². The third-order valence-electron chi connectivity index (χ3n) is 4.11. The third-order valence-corrected chi connectivity index (χ3v) is 4.11. The largest absolute Gasteiger partial charge is 0.384 e. The first kappa shape index (κ1) is 14.8. The number of nitrogens with two attached hydrogens (primary N) is 1. The van der Waals surface area contributed by atoms with Crippen LogP contribution in [-0.2, 0) is 0 Å². The maximum absolute atomic E-state index is 12.2. The van der Waals surface area contributed by atoms with E-state index in [4.69, 9.17) is 5.73 Å². The first-order valence-corrected chi connectivity index (χ1v) is 7.09. The van der Waals surface area contributed by atoms with Crippen molar-refractivity contribution in [3.63, 3.8) is 0 Å². The molecule has 2 rings (SSSR count). The van der Waals surface area contributed by atoms with Crippen LogP contribution < -0.4 is 11.1 Å². The zero-order chi connectivity index (χ0) is 14.8. The number of nitrogens with one attached hydrogen (secondary N) is 1. The van der Waals surface area contributed by atoms with Crippen LogP contribution in [0, 0.1) is 12.3 Å². The van der Waals surface area contributed by atoms with Crippen LogP contribution >= 0.6 is 0 Å². The van der Waals surface area contributed by atoms with Gasteiger partial charge in [-0.25, -0.2) is 4.98 Å². The minimum atomic E-state index is -0.0673. The van der Waals surface area contributed by atoms with Crippen LogP contribution in [0.5, 0.6) is 0 Å². The highest BCUT2D eigenvalue weighted by Crippen LogP contribution is 2.29. The van der Waals surface area contributed by atoms with Crippen molar-refractivity contribution in [1.29, 1.82) is 0 Å². The molecule has 20 heavy (non-hydrogen) atoms. The molecule has 0 bridgehead atoms. The minimum Gasteiger partial charge on any atom is -0.384 e. The lowest BCUT2D eigenvalue weighted by molar-refractivity contribution is 0.0891. The molecule has 0 saturated carbocycles. The number of amides is 1. The topological polar surface area (TPSA) is 71.2 Å². The number of nitrogens with zero attached hydrogens (tertiary/aromatic N) is 2. The summed E-state index contributed by atoms with van der Waals surface area (Å²) in [6.45, 7) is 6.97. The summed E-state index contributed by atoms with van der Waals surface area (Å²) in [7, 11) is 2.14. The molecule has 2 heterocycles. The number of carbonyl (C=O) groups excluding carboxylic acids is 1. The number of aromatic nitrogens is 1. The molecule has 0 aromatic carbocycles. The lowest BCUT2D eigenvalue weighted by Gasteiger charge is -2.37. The molecule has 1 aliphatic rings. The molecule has 0 radical (unpaired) electrons. The molecule has 5 heteroatoms. The standard InChI is InChI=1S/C15H24N4O/c1-11-8-12(9-13(16)18-11)14(20)17-10-15(2)4-6-19(3)7-5-15/h8-9H,4-7,10H2,1-3H3,(H2,16,18)(H,17,20). The van der Waals surface area contributed by atoms with Crippen LogP contribution in [-0.4, -0.2) is 42.5 Å². The summed E-state index contributed by atoms with van der Waals surface area (Å²) in [6.07, 6.45) is 2.22. The average molecular weight is 276 g/mol. The molecular weight excluding hydrogens is 252 g/mol. The summed E-state index contributed by atoms with van der Waals surface area (Å²) in [6, 6.07) is 3.39. The van der Waals surface area contributed by atoms with Gasteiger partial charge < -0.3 is 16.0 Å². The molecular formula is C15H24N4O. The number of likely N-dealkylation sites (tertiary alicyclic amines) is 1. The van der Waals surface area contributed by atoms with Crippen molar-refractivity contribution in [3.8, 4) is 0 Å². The van der Waals surface area contributed by atoms with Gasteiger partial charge in [-0.1, -0.05) is 6.92 Å². The van der Waals surface area contributed by atoms with Crippen LogP contribution in [0.25, 0.3) is 0 Å². The fourth-order valence-corrected chi connectivity index (χ4v) is 2.56. The first-order valence-electron chi connectivity index (χ1n) is 7.09. The Morgan fingerprint density at radius 2 is 2.10 bits per heavy atom. The SMILES string of the molecule is Cc1cc(C(=O)NCC2(C)CCN(C)CC2)cc(N)n1. The molecule has 110 valence electrons. The molecule has 0 unspecified atom stereocenters. The highest BCUT2D eigenvalue weighted by atomic mass is 16.1. The second-order valence-corrected chi connectivity index (χ2v) is 6.22. The van der Waals surface area contributed by atoms with Crippen LogP contribution in [0.4, 0.5) is 5.82 Å². The second kappa shape index (κ2) is 5.79. The normalized spacial score (nSPS) is 18.8. The van der Waals surface area contributed by atoms with Gasteiger partial charge in [0, 0.05) is 17.8 Å². The summed E-state index contributed by atoms with van der Waals surface area (Å²) < 4.78 is 0. The fraction of sp³-hybridized carbons (Fsp3) is 0.600. The molecule has 1 aromatic rings. The van der Waals surface area contributed by atoms with Gasteiger partial charge >= 0.3 is 0 Å². The fourth-order valence-electron chi connectivity index (χ4n) is 2.56. The molecule has 1 saturated heterocycles. The van der Waals surface area contributed by atoms with E-state index in [0.29, 0.717) is 17.9 Å². The predicted molar refractivity (Wildman–Crippen MR) is 80.6 cm³/mol. The number of carbonyl (C=O) groups is 1. The Morgan fingerprint density at radius 3 is 2.70 bits per heavy atom. The van der Waals surface area contributed by atoms with Crippen LogP contribution in [0.3, 0.4) is 0 Å². The highest BCUT2D eigenvalue weighted by Gasteiger charge is 2.29. The molecule has 5 nitrogen and oxygen atoms in total. The number of hydrogen-bond acceptors (Lipinski definition) is 4.